The van der Waals surface area contributed by atoms with Crippen molar-refractivity contribution in [2.75, 3.05) is 12.4 Å². The number of benzene rings is 2. The number of methoxy groups -OCH3 is 1. The molecule has 3 N–H and O–H groups in total. The quantitative estimate of drug-likeness (QED) is 0.723. The van der Waals surface area contributed by atoms with Crippen LogP contribution in [0.25, 0.3) is 16.7 Å². The molecule has 25 heavy (non-hydrogen) atoms. The van der Waals surface area contributed by atoms with Gasteiger partial charge in [0.2, 0.25) is 11.9 Å². The Morgan fingerprint density at radius 2 is 1.96 bits per heavy atom. The summed E-state index contributed by atoms with van der Waals surface area (Å²) >= 11 is 0. The Morgan fingerprint density at radius 3 is 2.72 bits per heavy atom. The minimum Gasteiger partial charge on any atom is -0.495 e. The van der Waals surface area contributed by atoms with Crippen LogP contribution in [-0.2, 0) is 4.79 Å². The highest BCUT2D eigenvalue weighted by Gasteiger charge is 2.19. The van der Waals surface area contributed by atoms with Gasteiger partial charge in [0.15, 0.2) is 0 Å². The molecule has 1 unspecified atom stereocenters. The molecule has 0 fully saturated rings. The third-order valence-corrected chi connectivity index (χ3v) is 4.06. The first-order chi connectivity index (χ1) is 12.2. The monoisotopic (exact) mass is 338 g/mol. The number of para-hydroxylation sites is 4. The van der Waals surface area contributed by atoms with Crippen molar-refractivity contribution in [1.29, 1.82) is 0 Å². The zero-order valence-electron chi connectivity index (χ0n) is 14.4. The summed E-state index contributed by atoms with van der Waals surface area (Å²) in [7, 11) is 1.62. The number of carbonyl (C=O) groups excluding carboxylic acids is 1. The number of hydrogen-bond donors (Lipinski definition) is 2. The predicted octanol–water partition coefficient (Wildman–Crippen LogP) is 3.10. The first-order valence-corrected chi connectivity index (χ1v) is 8.33. The zero-order valence-corrected chi connectivity index (χ0v) is 14.4. The Balaban J connectivity index is 2.11. The molecule has 0 radical (unpaired) electrons. The van der Waals surface area contributed by atoms with Gasteiger partial charge in [0, 0.05) is 0 Å². The highest BCUT2D eigenvalue weighted by atomic mass is 16.5. The largest absolute Gasteiger partial charge is 0.495 e. The number of rotatable bonds is 6. The lowest BCUT2D eigenvalue weighted by Gasteiger charge is -2.15. The first kappa shape index (κ1) is 17.0. The summed E-state index contributed by atoms with van der Waals surface area (Å²) in [5.74, 6) is 0.884. The van der Waals surface area contributed by atoms with E-state index in [0.717, 1.165) is 23.1 Å². The molecule has 6 heteroatoms. The van der Waals surface area contributed by atoms with Gasteiger partial charge in [0.05, 0.1) is 29.9 Å². The fourth-order valence-corrected chi connectivity index (χ4v) is 2.81. The molecule has 3 aromatic rings. The first-order valence-electron chi connectivity index (χ1n) is 8.33. The number of aromatic nitrogens is 2. The molecule has 0 saturated carbocycles. The van der Waals surface area contributed by atoms with Gasteiger partial charge < -0.3 is 10.5 Å². The Morgan fingerprint density at radius 1 is 1.24 bits per heavy atom. The molecule has 1 atom stereocenters. The van der Waals surface area contributed by atoms with Crippen molar-refractivity contribution in [3.63, 3.8) is 0 Å². The number of amides is 1. The molecule has 0 aliphatic rings. The SMILES string of the molecule is CCCC(N)C(=O)Nc1nc2ccccc2n1-c1ccccc1OC. The summed E-state index contributed by atoms with van der Waals surface area (Å²) < 4.78 is 7.36. The van der Waals surface area contributed by atoms with Crippen LogP contribution < -0.4 is 15.8 Å². The molecule has 0 aliphatic carbocycles. The standard InChI is InChI=1S/C19H22N4O2/c1-3-8-13(20)18(24)22-19-21-14-9-4-5-10-15(14)23(19)16-11-6-7-12-17(16)25-2/h4-7,9-13H,3,8,20H2,1-2H3,(H,21,22,24). The van der Waals surface area contributed by atoms with Crippen molar-refractivity contribution < 1.29 is 9.53 Å². The van der Waals surface area contributed by atoms with Gasteiger partial charge in [-0.05, 0) is 30.7 Å². The number of nitrogens with zero attached hydrogens (tertiary/aromatic N) is 2. The van der Waals surface area contributed by atoms with Crippen LogP contribution in [-0.4, -0.2) is 28.6 Å². The van der Waals surface area contributed by atoms with E-state index in [4.69, 9.17) is 10.5 Å². The Bertz CT molecular complexity index is 888. The Hall–Kier alpha value is -2.86. The Labute approximate surface area is 146 Å². The lowest BCUT2D eigenvalue weighted by atomic mass is 10.2. The number of hydrogen-bond acceptors (Lipinski definition) is 4. The fourth-order valence-electron chi connectivity index (χ4n) is 2.81. The van der Waals surface area contributed by atoms with E-state index in [-0.39, 0.29) is 5.91 Å². The van der Waals surface area contributed by atoms with Crippen molar-refractivity contribution in [1.82, 2.24) is 9.55 Å². The van der Waals surface area contributed by atoms with Gasteiger partial charge >= 0.3 is 0 Å². The van der Waals surface area contributed by atoms with Gasteiger partial charge in [0.25, 0.3) is 0 Å². The average molecular weight is 338 g/mol. The molecular weight excluding hydrogens is 316 g/mol. The molecule has 0 bridgehead atoms. The van der Waals surface area contributed by atoms with Crippen LogP contribution in [0, 0.1) is 0 Å². The number of ether oxygens (including phenoxy) is 1. The molecule has 1 heterocycles. The summed E-state index contributed by atoms with van der Waals surface area (Å²) in [5, 5.41) is 2.87. The molecule has 6 nitrogen and oxygen atoms in total. The highest BCUT2D eigenvalue weighted by Crippen LogP contribution is 2.30. The van der Waals surface area contributed by atoms with Crippen LogP contribution in [0.2, 0.25) is 0 Å². The molecule has 2 aromatic carbocycles. The van der Waals surface area contributed by atoms with Crippen LogP contribution >= 0.6 is 0 Å². The number of anilines is 1. The van der Waals surface area contributed by atoms with Gasteiger partial charge in [-0.3, -0.25) is 14.7 Å². The molecule has 0 saturated heterocycles. The molecular formula is C19H22N4O2. The van der Waals surface area contributed by atoms with E-state index in [1.165, 1.54) is 0 Å². The maximum absolute atomic E-state index is 12.4. The van der Waals surface area contributed by atoms with Crippen LogP contribution in [0.15, 0.2) is 48.5 Å². The third-order valence-electron chi connectivity index (χ3n) is 4.06. The minimum absolute atomic E-state index is 0.242. The van der Waals surface area contributed by atoms with E-state index in [2.05, 4.69) is 10.3 Å². The van der Waals surface area contributed by atoms with Crippen molar-refractivity contribution >= 4 is 22.9 Å². The van der Waals surface area contributed by atoms with Crippen LogP contribution in [0.5, 0.6) is 5.75 Å². The predicted molar refractivity (Wildman–Crippen MR) is 99.1 cm³/mol. The Kier molecular flexibility index (Phi) is 5.00. The van der Waals surface area contributed by atoms with Gasteiger partial charge in [-0.1, -0.05) is 37.6 Å². The fraction of sp³-hybridized carbons (Fsp3) is 0.263. The van der Waals surface area contributed by atoms with Gasteiger partial charge in [0.1, 0.15) is 5.75 Å². The van der Waals surface area contributed by atoms with E-state index in [1.807, 2.05) is 60.0 Å². The number of imidazole rings is 1. The van der Waals surface area contributed by atoms with Crippen molar-refractivity contribution in [2.45, 2.75) is 25.8 Å². The molecule has 130 valence electrons. The number of fused-ring (bicyclic) bond motifs is 1. The van der Waals surface area contributed by atoms with E-state index < -0.39 is 6.04 Å². The van der Waals surface area contributed by atoms with Crippen molar-refractivity contribution in [3.8, 4) is 11.4 Å². The van der Waals surface area contributed by atoms with E-state index in [9.17, 15) is 4.79 Å². The van der Waals surface area contributed by atoms with E-state index >= 15 is 0 Å². The normalized spacial score (nSPS) is 12.1. The molecule has 3 rings (SSSR count). The maximum atomic E-state index is 12.4. The summed E-state index contributed by atoms with van der Waals surface area (Å²) in [6.45, 7) is 2.00. The second-order valence-electron chi connectivity index (χ2n) is 5.82. The van der Waals surface area contributed by atoms with E-state index in [1.54, 1.807) is 7.11 Å². The molecule has 1 amide bonds. The summed E-state index contributed by atoms with van der Waals surface area (Å²) in [6.07, 6.45) is 1.47. The van der Waals surface area contributed by atoms with Gasteiger partial charge in [-0.15, -0.1) is 0 Å². The zero-order chi connectivity index (χ0) is 17.8. The maximum Gasteiger partial charge on any atom is 0.243 e. The van der Waals surface area contributed by atoms with E-state index in [0.29, 0.717) is 18.1 Å². The lowest BCUT2D eigenvalue weighted by Crippen LogP contribution is -2.36. The van der Waals surface area contributed by atoms with Crippen LogP contribution in [0.4, 0.5) is 5.95 Å². The summed E-state index contributed by atoms with van der Waals surface area (Å²) in [6, 6.07) is 14.8. The van der Waals surface area contributed by atoms with Gasteiger partial charge in [-0.25, -0.2) is 4.98 Å². The third kappa shape index (κ3) is 3.34. The molecule has 0 aliphatic heterocycles. The summed E-state index contributed by atoms with van der Waals surface area (Å²) in [4.78, 5) is 17.0. The average Bonchev–Trinajstić information content (AvgIpc) is 2.99. The van der Waals surface area contributed by atoms with Crippen LogP contribution in [0.3, 0.4) is 0 Å². The minimum atomic E-state index is -0.559. The van der Waals surface area contributed by atoms with Gasteiger partial charge in [-0.2, -0.15) is 0 Å². The number of carbonyl (C=O) groups is 1. The summed E-state index contributed by atoms with van der Waals surface area (Å²) in [5.41, 5.74) is 8.41. The number of nitrogens with two attached hydrogens (primary N) is 1. The van der Waals surface area contributed by atoms with Crippen molar-refractivity contribution in [2.24, 2.45) is 5.73 Å². The van der Waals surface area contributed by atoms with Crippen LogP contribution in [0.1, 0.15) is 19.8 Å². The molecule has 0 spiro atoms. The lowest BCUT2D eigenvalue weighted by molar-refractivity contribution is -0.117. The van der Waals surface area contributed by atoms with Crippen molar-refractivity contribution in [3.05, 3.63) is 48.5 Å². The molecule has 1 aromatic heterocycles. The number of nitrogens with one attached hydrogen (secondary N) is 1. The smallest absolute Gasteiger partial charge is 0.243 e. The second-order valence-corrected chi connectivity index (χ2v) is 5.82. The highest BCUT2D eigenvalue weighted by molar-refractivity contribution is 5.95. The second kappa shape index (κ2) is 7.36. The topological polar surface area (TPSA) is 82.2 Å².